The van der Waals surface area contributed by atoms with E-state index in [9.17, 15) is 4.79 Å². The molecule has 1 aromatic carbocycles. The number of amides is 1. The summed E-state index contributed by atoms with van der Waals surface area (Å²) in [6.07, 6.45) is 3.95. The number of aromatic amines is 1. The van der Waals surface area contributed by atoms with Crippen LogP contribution in [-0.2, 0) is 15.9 Å². The largest absolute Gasteiger partial charge is 0.488 e. The molecule has 2 aliphatic rings. The molecule has 2 aromatic heterocycles. The Morgan fingerprint density at radius 2 is 2.21 bits per heavy atom. The lowest BCUT2D eigenvalue weighted by molar-refractivity contribution is -0.101. The summed E-state index contributed by atoms with van der Waals surface area (Å²) in [7, 11) is 0. The van der Waals surface area contributed by atoms with E-state index in [1.54, 1.807) is 12.4 Å². The Balaban J connectivity index is 1.54. The number of benzene rings is 1. The second-order valence-corrected chi connectivity index (χ2v) is 8.43. The summed E-state index contributed by atoms with van der Waals surface area (Å²) in [6, 6.07) is 7.53. The van der Waals surface area contributed by atoms with E-state index in [-0.39, 0.29) is 12.0 Å². The molecule has 0 spiro atoms. The molecule has 4 heterocycles. The van der Waals surface area contributed by atoms with Gasteiger partial charge in [-0.1, -0.05) is 17.7 Å². The molecule has 1 saturated heterocycles. The zero-order chi connectivity index (χ0) is 22.8. The molecule has 0 bridgehead atoms. The Morgan fingerprint density at radius 3 is 3.06 bits per heavy atom. The lowest BCUT2D eigenvalue weighted by Crippen LogP contribution is -2.33. The maximum atomic E-state index is 12.8. The van der Waals surface area contributed by atoms with E-state index in [4.69, 9.17) is 25.8 Å². The number of halogens is 1. The van der Waals surface area contributed by atoms with Gasteiger partial charge >= 0.3 is 0 Å². The number of ether oxygens (including phenoxy) is 3. The highest BCUT2D eigenvalue weighted by Crippen LogP contribution is 2.41. The minimum Gasteiger partial charge on any atom is -0.488 e. The van der Waals surface area contributed by atoms with E-state index in [2.05, 4.69) is 20.6 Å². The number of nitrogens with one attached hydrogen (secondary N) is 3. The van der Waals surface area contributed by atoms with Crippen LogP contribution in [0.1, 0.15) is 21.6 Å². The lowest BCUT2D eigenvalue weighted by Gasteiger charge is -2.23. The number of aromatic nitrogens is 2. The first kappa shape index (κ1) is 21.8. The Bertz CT molecular complexity index is 1170. The lowest BCUT2D eigenvalue weighted by atomic mass is 10.0. The highest BCUT2D eigenvalue weighted by Gasteiger charge is 2.28. The van der Waals surface area contributed by atoms with Gasteiger partial charge in [0.1, 0.15) is 18.5 Å². The smallest absolute Gasteiger partial charge is 0.255 e. The number of carbonyl (C=O) groups is 1. The third kappa shape index (κ3) is 4.42. The molecule has 2 aliphatic heterocycles. The molecule has 9 heteroatoms. The second-order valence-electron chi connectivity index (χ2n) is 8.02. The van der Waals surface area contributed by atoms with Crippen LogP contribution in [0, 0.1) is 6.92 Å². The van der Waals surface area contributed by atoms with Gasteiger partial charge < -0.3 is 29.8 Å². The van der Waals surface area contributed by atoms with Crippen molar-refractivity contribution in [3.63, 3.8) is 0 Å². The predicted molar refractivity (Wildman–Crippen MR) is 126 cm³/mol. The first-order chi connectivity index (χ1) is 16.1. The number of carbonyl (C=O) groups excluding carboxylic acids is 1. The van der Waals surface area contributed by atoms with Crippen LogP contribution in [0.3, 0.4) is 0 Å². The molecule has 5 rings (SSSR count). The summed E-state index contributed by atoms with van der Waals surface area (Å²) >= 11 is 6.35. The van der Waals surface area contributed by atoms with Gasteiger partial charge in [0.25, 0.3) is 5.91 Å². The number of hydrogen-bond donors (Lipinski definition) is 3. The van der Waals surface area contributed by atoms with E-state index in [1.807, 2.05) is 31.2 Å². The third-order valence-corrected chi connectivity index (χ3v) is 6.27. The van der Waals surface area contributed by atoms with Gasteiger partial charge in [0.2, 0.25) is 0 Å². The number of anilines is 2. The number of nitrogens with zero attached hydrogens (tertiary/aromatic N) is 1. The fraction of sp³-hybridized carbons (Fsp3) is 0.333. The minimum absolute atomic E-state index is 0.120. The molecule has 0 radical (unpaired) electrons. The Kier molecular flexibility index (Phi) is 6.22. The average Bonchev–Trinajstić information content (AvgIpc) is 3.21. The molecule has 1 atom stereocenters. The van der Waals surface area contributed by atoms with Crippen molar-refractivity contribution in [1.29, 1.82) is 0 Å². The topological polar surface area (TPSA) is 97.5 Å². The summed E-state index contributed by atoms with van der Waals surface area (Å²) in [5.74, 6) is 0.474. The highest BCUT2D eigenvalue weighted by atomic mass is 35.5. The van der Waals surface area contributed by atoms with Crippen molar-refractivity contribution in [2.45, 2.75) is 19.4 Å². The second kappa shape index (κ2) is 9.43. The van der Waals surface area contributed by atoms with Crippen LogP contribution in [0.4, 0.5) is 11.4 Å². The van der Waals surface area contributed by atoms with Gasteiger partial charge in [-0.15, -0.1) is 0 Å². The Hall–Kier alpha value is -3.07. The van der Waals surface area contributed by atoms with Crippen molar-refractivity contribution in [2.75, 3.05) is 38.3 Å². The number of H-pyrrole nitrogens is 1. The summed E-state index contributed by atoms with van der Waals surface area (Å²) < 4.78 is 17.3. The van der Waals surface area contributed by atoms with Gasteiger partial charge in [0, 0.05) is 41.1 Å². The standard InChI is InChI=1S/C24H25ClN4O4/c1-14-17(25)3-2-4-18(14)28-23-21-19(6-8-27-24(21)30)29-22(23)16-5-7-26-11-20(16)33-13-15-12-31-9-10-32-15/h2-5,7,11,15,28-29H,6,8-10,12-13H2,1H3,(H,27,30)/t15-/m0/s1. The molecular formula is C24H25ClN4O4. The summed E-state index contributed by atoms with van der Waals surface area (Å²) in [5.41, 5.74) is 5.44. The molecule has 1 amide bonds. The van der Waals surface area contributed by atoms with Crippen molar-refractivity contribution in [3.05, 3.63) is 58.5 Å². The van der Waals surface area contributed by atoms with Crippen LogP contribution in [0.2, 0.25) is 5.02 Å². The first-order valence-corrected chi connectivity index (χ1v) is 11.3. The van der Waals surface area contributed by atoms with E-state index in [0.717, 1.165) is 28.2 Å². The van der Waals surface area contributed by atoms with Crippen LogP contribution in [0.25, 0.3) is 11.3 Å². The van der Waals surface area contributed by atoms with Crippen molar-refractivity contribution < 1.29 is 19.0 Å². The zero-order valence-electron chi connectivity index (χ0n) is 18.2. The first-order valence-electron chi connectivity index (χ1n) is 10.9. The predicted octanol–water partition coefficient (Wildman–Crippen LogP) is 3.86. The Morgan fingerprint density at radius 1 is 1.30 bits per heavy atom. The molecule has 0 aliphatic carbocycles. The summed E-state index contributed by atoms with van der Waals surface area (Å²) in [5, 5.41) is 7.04. The highest BCUT2D eigenvalue weighted by molar-refractivity contribution is 6.31. The number of pyridine rings is 1. The maximum Gasteiger partial charge on any atom is 0.255 e. The van der Waals surface area contributed by atoms with Crippen molar-refractivity contribution in [3.8, 4) is 17.0 Å². The zero-order valence-corrected chi connectivity index (χ0v) is 19.0. The van der Waals surface area contributed by atoms with E-state index in [0.29, 0.717) is 61.4 Å². The summed E-state index contributed by atoms with van der Waals surface area (Å²) in [4.78, 5) is 20.5. The van der Waals surface area contributed by atoms with Crippen molar-refractivity contribution in [1.82, 2.24) is 15.3 Å². The fourth-order valence-electron chi connectivity index (χ4n) is 4.10. The normalized spacial score (nSPS) is 17.9. The molecule has 8 nitrogen and oxygen atoms in total. The quantitative estimate of drug-likeness (QED) is 0.508. The van der Waals surface area contributed by atoms with Crippen LogP contribution < -0.4 is 15.4 Å². The molecular weight excluding hydrogens is 444 g/mol. The summed E-state index contributed by atoms with van der Waals surface area (Å²) in [6.45, 7) is 4.52. The fourth-order valence-corrected chi connectivity index (χ4v) is 4.28. The van der Waals surface area contributed by atoms with Crippen molar-refractivity contribution >= 4 is 28.9 Å². The number of hydrogen-bond acceptors (Lipinski definition) is 6. The van der Waals surface area contributed by atoms with Gasteiger partial charge in [-0.05, 0) is 30.7 Å². The maximum absolute atomic E-state index is 12.8. The van der Waals surface area contributed by atoms with Gasteiger partial charge in [0.05, 0.1) is 43.0 Å². The minimum atomic E-state index is -0.138. The Labute approximate surface area is 196 Å². The third-order valence-electron chi connectivity index (χ3n) is 5.86. The van der Waals surface area contributed by atoms with Crippen LogP contribution in [0.5, 0.6) is 5.75 Å². The van der Waals surface area contributed by atoms with Gasteiger partial charge in [-0.25, -0.2) is 0 Å². The molecule has 0 unspecified atom stereocenters. The van der Waals surface area contributed by atoms with E-state index < -0.39 is 0 Å². The van der Waals surface area contributed by atoms with E-state index >= 15 is 0 Å². The molecule has 1 fully saturated rings. The average molecular weight is 469 g/mol. The molecule has 33 heavy (non-hydrogen) atoms. The molecule has 172 valence electrons. The number of fused-ring (bicyclic) bond motifs is 1. The van der Waals surface area contributed by atoms with Crippen molar-refractivity contribution in [2.24, 2.45) is 0 Å². The molecule has 3 N–H and O–H groups in total. The van der Waals surface area contributed by atoms with Gasteiger partial charge in [0.15, 0.2) is 0 Å². The number of rotatable bonds is 6. The van der Waals surface area contributed by atoms with Crippen LogP contribution in [-0.4, -0.2) is 55.0 Å². The molecule has 0 saturated carbocycles. The monoisotopic (exact) mass is 468 g/mol. The van der Waals surface area contributed by atoms with Crippen LogP contribution in [0.15, 0.2) is 36.7 Å². The van der Waals surface area contributed by atoms with Crippen LogP contribution >= 0.6 is 11.6 Å². The van der Waals surface area contributed by atoms with E-state index in [1.165, 1.54) is 0 Å². The molecule has 3 aromatic rings. The van der Waals surface area contributed by atoms with Gasteiger partial charge in [-0.3, -0.25) is 9.78 Å². The SMILES string of the molecule is Cc1c(Cl)cccc1Nc1c(-c2ccncc2OC[C@@H]2COCCO2)[nH]c2c1C(=O)NCC2. The van der Waals surface area contributed by atoms with Gasteiger partial charge in [-0.2, -0.15) is 0 Å².